The molecular formula is C27H22F6N2S2+2. The summed E-state index contributed by atoms with van der Waals surface area (Å²) in [6.45, 7) is 3.39. The number of pyridine rings is 2. The number of halogens is 6. The Kier molecular flexibility index (Phi) is 4.93. The lowest BCUT2D eigenvalue weighted by Gasteiger charge is -2.47. The summed E-state index contributed by atoms with van der Waals surface area (Å²) in [6.07, 6.45) is 9.98. The maximum atomic E-state index is 15.4. The van der Waals surface area contributed by atoms with E-state index in [1.165, 1.54) is 35.7 Å². The smallest absolute Gasteiger partial charge is 0.207 e. The molecule has 0 N–H and O–H groups in total. The zero-order valence-electron chi connectivity index (χ0n) is 20.3. The summed E-state index contributed by atoms with van der Waals surface area (Å²) in [6, 6.07) is 7.13. The standard InChI is InChI=1S/C27H22F6N2S2/c1-23-17(11-19(36-23)15-7-5-9-34(3)13-15)21-22(26(30,31)27(32,33)25(21,28)29)18-12-20(37-24(18,23)2)16-8-6-10-35(4)14-16/h5-14H,1-4H3/q+2. The molecule has 2 aliphatic carbocycles. The highest BCUT2D eigenvalue weighted by Gasteiger charge is 2.84. The normalized spacial score (nSPS) is 30.6. The number of aromatic nitrogens is 2. The SMILES string of the molecule is C[n+]1cccc(C2=CC3=C4C(=C5C=C(c6ccc[n+](C)c6)SC5(C)C3(C)S2)C(F)(F)C(F)(F)C4(F)F)c1. The van der Waals surface area contributed by atoms with Crippen LogP contribution in [0.15, 0.2) is 83.5 Å². The Morgan fingerprint density at radius 2 is 1.03 bits per heavy atom. The van der Waals surface area contributed by atoms with E-state index in [1.807, 2.05) is 0 Å². The van der Waals surface area contributed by atoms with Gasteiger partial charge in [-0.2, -0.15) is 26.3 Å². The molecule has 2 aromatic heterocycles. The van der Waals surface area contributed by atoms with Crippen LogP contribution in [0, 0.1) is 0 Å². The summed E-state index contributed by atoms with van der Waals surface area (Å²) in [5.74, 6) is -15.6. The number of nitrogens with zero attached hydrogens (tertiary/aromatic N) is 2. The summed E-state index contributed by atoms with van der Waals surface area (Å²) in [4.78, 5) is 1.13. The van der Waals surface area contributed by atoms with E-state index in [1.54, 1.807) is 86.1 Å². The van der Waals surface area contributed by atoms with E-state index < -0.39 is 38.4 Å². The van der Waals surface area contributed by atoms with E-state index in [-0.39, 0.29) is 11.1 Å². The zero-order chi connectivity index (χ0) is 26.8. The largest absolute Gasteiger partial charge is 0.380 e. The average molecular weight is 553 g/mol. The molecule has 0 aromatic carbocycles. The molecule has 4 heterocycles. The van der Waals surface area contributed by atoms with Crippen LogP contribution in [0.3, 0.4) is 0 Å². The van der Waals surface area contributed by atoms with Crippen LogP contribution in [0.25, 0.3) is 9.81 Å². The minimum atomic E-state index is -5.56. The van der Waals surface area contributed by atoms with E-state index in [4.69, 9.17) is 0 Å². The number of thioether (sulfide) groups is 2. The van der Waals surface area contributed by atoms with Crippen molar-refractivity contribution in [1.29, 1.82) is 0 Å². The lowest BCUT2D eigenvalue weighted by Crippen LogP contribution is -2.48. The highest BCUT2D eigenvalue weighted by atomic mass is 32.2. The second kappa shape index (κ2) is 7.34. The van der Waals surface area contributed by atoms with Crippen molar-refractivity contribution in [3.8, 4) is 0 Å². The summed E-state index contributed by atoms with van der Waals surface area (Å²) >= 11 is 2.52. The van der Waals surface area contributed by atoms with E-state index in [9.17, 15) is 8.78 Å². The Balaban J connectivity index is 1.66. The van der Waals surface area contributed by atoms with Gasteiger partial charge in [0.05, 0.1) is 20.6 Å². The quantitative estimate of drug-likeness (QED) is 0.321. The molecule has 0 spiro atoms. The summed E-state index contributed by atoms with van der Waals surface area (Å²) in [5, 5.41) is 0. The van der Waals surface area contributed by atoms with E-state index in [0.29, 0.717) is 20.9 Å². The van der Waals surface area contributed by atoms with Crippen LogP contribution >= 0.6 is 23.5 Å². The molecule has 1 fully saturated rings. The van der Waals surface area contributed by atoms with Crippen LogP contribution in [0.5, 0.6) is 0 Å². The van der Waals surface area contributed by atoms with Crippen molar-refractivity contribution in [1.82, 2.24) is 0 Å². The van der Waals surface area contributed by atoms with Gasteiger partial charge in [0.25, 0.3) is 0 Å². The molecule has 2 unspecified atom stereocenters. The van der Waals surface area contributed by atoms with Crippen molar-refractivity contribution in [2.24, 2.45) is 14.1 Å². The monoisotopic (exact) mass is 552 g/mol. The third-order valence-electron chi connectivity index (χ3n) is 7.77. The lowest BCUT2D eigenvalue weighted by atomic mass is 9.71. The van der Waals surface area contributed by atoms with Gasteiger partial charge in [-0.15, -0.1) is 23.5 Å². The molecule has 4 aliphatic rings. The maximum Gasteiger partial charge on any atom is 0.380 e. The number of alkyl halides is 6. The first-order valence-corrected chi connectivity index (χ1v) is 13.2. The molecule has 37 heavy (non-hydrogen) atoms. The average Bonchev–Trinajstić information content (AvgIpc) is 3.39. The molecule has 0 bridgehead atoms. The minimum absolute atomic E-state index is 0.164. The van der Waals surface area contributed by atoms with Gasteiger partial charge in [-0.1, -0.05) is 0 Å². The van der Waals surface area contributed by atoms with Crippen molar-refractivity contribution >= 4 is 33.3 Å². The first kappa shape index (κ1) is 24.9. The van der Waals surface area contributed by atoms with Gasteiger partial charge in [-0.3, -0.25) is 0 Å². The lowest BCUT2D eigenvalue weighted by molar-refractivity contribution is -0.671. The number of aryl methyl sites for hydroxylation is 2. The molecule has 2 nitrogen and oxygen atoms in total. The third kappa shape index (κ3) is 2.94. The number of fused-ring (bicyclic) bond motifs is 4. The van der Waals surface area contributed by atoms with Gasteiger partial charge >= 0.3 is 17.8 Å². The van der Waals surface area contributed by atoms with Crippen LogP contribution in [-0.2, 0) is 14.1 Å². The second-order valence-corrected chi connectivity index (χ2v) is 13.0. The zero-order valence-corrected chi connectivity index (χ0v) is 21.9. The fourth-order valence-electron chi connectivity index (χ4n) is 5.66. The van der Waals surface area contributed by atoms with Crippen LogP contribution in [0.4, 0.5) is 26.3 Å². The molecule has 0 amide bonds. The number of allylic oxidation sites excluding steroid dienone is 4. The number of rotatable bonds is 2. The molecule has 2 aromatic rings. The molecule has 2 atom stereocenters. The van der Waals surface area contributed by atoms with Crippen molar-refractivity contribution < 1.29 is 35.5 Å². The Morgan fingerprint density at radius 1 is 0.649 bits per heavy atom. The van der Waals surface area contributed by atoms with E-state index in [0.717, 1.165) is 0 Å². The molecule has 6 rings (SSSR count). The van der Waals surface area contributed by atoms with Gasteiger partial charge in [0.15, 0.2) is 24.8 Å². The molecule has 0 saturated heterocycles. The van der Waals surface area contributed by atoms with Crippen molar-refractivity contribution in [2.45, 2.75) is 41.1 Å². The van der Waals surface area contributed by atoms with Crippen molar-refractivity contribution in [3.63, 3.8) is 0 Å². The summed E-state index contributed by atoms with van der Waals surface area (Å²) in [7, 11) is 3.60. The van der Waals surface area contributed by atoms with Crippen molar-refractivity contribution in [2.75, 3.05) is 0 Å². The Hall–Kier alpha value is -2.46. The van der Waals surface area contributed by atoms with Gasteiger partial charge in [0, 0.05) is 33.1 Å². The van der Waals surface area contributed by atoms with Gasteiger partial charge in [-0.05, 0) is 49.3 Å². The first-order chi connectivity index (χ1) is 17.1. The molecular weight excluding hydrogens is 530 g/mol. The Labute approximate surface area is 218 Å². The minimum Gasteiger partial charge on any atom is -0.207 e. The van der Waals surface area contributed by atoms with Crippen LogP contribution in [-0.4, -0.2) is 27.3 Å². The van der Waals surface area contributed by atoms with E-state index >= 15 is 17.6 Å². The first-order valence-electron chi connectivity index (χ1n) is 11.5. The van der Waals surface area contributed by atoms with Crippen LogP contribution < -0.4 is 9.13 Å². The third-order valence-corrected chi connectivity index (χ3v) is 11.1. The highest BCUT2D eigenvalue weighted by molar-refractivity contribution is 8.14. The van der Waals surface area contributed by atoms with Gasteiger partial charge in [0.2, 0.25) is 0 Å². The fraction of sp³-hybridized carbons (Fsp3) is 0.333. The van der Waals surface area contributed by atoms with Crippen LogP contribution in [0.1, 0.15) is 25.0 Å². The Morgan fingerprint density at radius 3 is 1.38 bits per heavy atom. The van der Waals surface area contributed by atoms with Crippen LogP contribution in [0.2, 0.25) is 0 Å². The topological polar surface area (TPSA) is 7.76 Å². The van der Waals surface area contributed by atoms with Gasteiger partial charge in [0.1, 0.15) is 14.1 Å². The predicted molar refractivity (Wildman–Crippen MR) is 132 cm³/mol. The highest BCUT2D eigenvalue weighted by Crippen LogP contribution is 2.75. The molecule has 192 valence electrons. The van der Waals surface area contributed by atoms with E-state index in [2.05, 4.69) is 0 Å². The summed E-state index contributed by atoms with van der Waals surface area (Å²) in [5.41, 5.74) is -1.42. The summed E-state index contributed by atoms with van der Waals surface area (Å²) < 4.78 is 92.5. The number of hydrogen-bond acceptors (Lipinski definition) is 2. The Bertz CT molecular complexity index is 1410. The fourth-order valence-corrected chi connectivity index (χ4v) is 8.77. The molecule has 1 saturated carbocycles. The molecule has 0 radical (unpaired) electrons. The van der Waals surface area contributed by atoms with Gasteiger partial charge in [-0.25, -0.2) is 9.13 Å². The second-order valence-electron chi connectivity index (χ2n) is 10.1. The van der Waals surface area contributed by atoms with Gasteiger partial charge < -0.3 is 0 Å². The van der Waals surface area contributed by atoms with Crippen molar-refractivity contribution in [3.05, 3.63) is 94.6 Å². The molecule has 2 aliphatic heterocycles. The number of hydrogen-bond donors (Lipinski definition) is 0. The predicted octanol–water partition coefficient (Wildman–Crippen LogP) is 6.25. The molecule has 10 heteroatoms. The maximum absolute atomic E-state index is 15.4.